The van der Waals surface area contributed by atoms with Gasteiger partial charge in [-0.05, 0) is 54.0 Å². The summed E-state index contributed by atoms with van der Waals surface area (Å²) in [5, 5.41) is 10.1. The maximum absolute atomic E-state index is 13.7. The van der Waals surface area contributed by atoms with Crippen molar-refractivity contribution in [2.24, 2.45) is 10.8 Å². The number of carbonyl (C=O) groups excluding carboxylic acids is 2. The number of aryl methyl sites for hydroxylation is 2. The number of carboxylic acids is 1. The normalized spacial score (nSPS) is 21.7. The fourth-order valence-corrected chi connectivity index (χ4v) is 6.04. The molecule has 0 saturated heterocycles. The van der Waals surface area contributed by atoms with Gasteiger partial charge in [-0.15, -0.1) is 0 Å². The number of benzene rings is 1. The number of allylic oxidation sites excluding steroid dienone is 4. The van der Waals surface area contributed by atoms with Crippen molar-refractivity contribution >= 4 is 34.6 Å². The van der Waals surface area contributed by atoms with Gasteiger partial charge in [0.1, 0.15) is 22.9 Å². The Balaban J connectivity index is 1.83. The minimum Gasteiger partial charge on any atom is -0.478 e. The quantitative estimate of drug-likeness (QED) is 0.493. The molecule has 1 aromatic carbocycles. The summed E-state index contributed by atoms with van der Waals surface area (Å²) >= 11 is 0. The molecule has 2 aromatic rings. The zero-order chi connectivity index (χ0) is 26.2. The van der Waals surface area contributed by atoms with Gasteiger partial charge in [0.15, 0.2) is 11.6 Å². The molecule has 0 fully saturated rings. The van der Waals surface area contributed by atoms with Crippen molar-refractivity contribution in [2.75, 3.05) is 0 Å². The third-order valence-electron chi connectivity index (χ3n) is 7.56. The highest BCUT2D eigenvalue weighted by molar-refractivity contribution is 6.07. The van der Waals surface area contributed by atoms with Gasteiger partial charge in [0.2, 0.25) is 0 Å². The summed E-state index contributed by atoms with van der Waals surface area (Å²) < 4.78 is 12.6. The number of carbonyl (C=O) groups is 3. The van der Waals surface area contributed by atoms with E-state index in [-0.39, 0.29) is 22.4 Å². The number of hydrogen-bond donors (Lipinski definition) is 1. The van der Waals surface area contributed by atoms with E-state index in [1.165, 1.54) is 0 Å². The number of rotatable bonds is 3. The van der Waals surface area contributed by atoms with Gasteiger partial charge in [-0.2, -0.15) is 0 Å². The van der Waals surface area contributed by atoms with E-state index in [1.807, 2.05) is 26.0 Å². The highest BCUT2D eigenvalue weighted by Crippen LogP contribution is 2.54. The molecule has 0 saturated carbocycles. The molecule has 0 amide bonds. The lowest BCUT2D eigenvalue weighted by Crippen LogP contribution is -2.37. The summed E-state index contributed by atoms with van der Waals surface area (Å²) in [6, 6.07) is 3.80. The molecule has 6 nitrogen and oxygen atoms in total. The first-order valence-electron chi connectivity index (χ1n) is 12.4. The molecular formula is C30H32O6. The van der Waals surface area contributed by atoms with Gasteiger partial charge in [0, 0.05) is 53.9 Å². The highest BCUT2D eigenvalue weighted by Gasteiger charge is 2.48. The molecule has 0 spiro atoms. The molecule has 188 valence electrons. The van der Waals surface area contributed by atoms with Gasteiger partial charge < -0.3 is 14.3 Å². The molecule has 2 aliphatic carbocycles. The van der Waals surface area contributed by atoms with Gasteiger partial charge >= 0.3 is 5.97 Å². The molecular weight excluding hydrogens is 456 g/mol. The summed E-state index contributed by atoms with van der Waals surface area (Å²) in [5.41, 5.74) is 3.51. The largest absolute Gasteiger partial charge is 0.478 e. The first-order chi connectivity index (χ1) is 16.8. The minimum atomic E-state index is -1.05. The second-order valence-electron chi connectivity index (χ2n) is 12.0. The SMILES string of the molecule is Cc1cc2c(C)c(/C=C/C(=O)O)cc(C3C4=C(CC(C)(C)CC4=O)OC4=C3C(=O)CC(C)(C)C4)c2o1. The first-order valence-corrected chi connectivity index (χ1v) is 12.4. The van der Waals surface area contributed by atoms with Crippen molar-refractivity contribution in [3.63, 3.8) is 0 Å². The number of ether oxygens (including phenoxy) is 1. The van der Waals surface area contributed by atoms with Gasteiger partial charge in [-0.1, -0.05) is 27.7 Å². The number of Topliss-reactive ketones (excluding diaryl/α,β-unsaturated/α-hetero) is 2. The van der Waals surface area contributed by atoms with E-state index in [0.29, 0.717) is 70.8 Å². The maximum Gasteiger partial charge on any atom is 0.328 e. The van der Waals surface area contributed by atoms with Crippen LogP contribution >= 0.6 is 0 Å². The van der Waals surface area contributed by atoms with Gasteiger partial charge in [0.25, 0.3) is 0 Å². The lowest BCUT2D eigenvalue weighted by molar-refractivity contribution is -0.131. The van der Waals surface area contributed by atoms with Crippen LogP contribution in [-0.2, 0) is 19.1 Å². The molecule has 0 radical (unpaired) electrons. The van der Waals surface area contributed by atoms with E-state index in [1.54, 1.807) is 6.08 Å². The van der Waals surface area contributed by atoms with E-state index < -0.39 is 11.9 Å². The predicted molar refractivity (Wildman–Crippen MR) is 136 cm³/mol. The summed E-state index contributed by atoms with van der Waals surface area (Å²) in [6.07, 6.45) is 4.61. The van der Waals surface area contributed by atoms with Crippen LogP contribution in [-0.4, -0.2) is 22.6 Å². The average molecular weight is 489 g/mol. The molecule has 1 N–H and O–H groups in total. The van der Waals surface area contributed by atoms with Crippen LogP contribution in [0.1, 0.15) is 81.7 Å². The zero-order valence-electron chi connectivity index (χ0n) is 21.7. The van der Waals surface area contributed by atoms with E-state index in [0.717, 1.165) is 17.0 Å². The van der Waals surface area contributed by atoms with Crippen LogP contribution < -0.4 is 0 Å². The highest BCUT2D eigenvalue weighted by atomic mass is 16.5. The summed E-state index contributed by atoms with van der Waals surface area (Å²) in [4.78, 5) is 38.6. The van der Waals surface area contributed by atoms with E-state index >= 15 is 0 Å². The van der Waals surface area contributed by atoms with Gasteiger partial charge in [-0.3, -0.25) is 9.59 Å². The molecule has 2 heterocycles. The predicted octanol–water partition coefficient (Wildman–Crippen LogP) is 6.55. The lowest BCUT2D eigenvalue weighted by atomic mass is 9.65. The molecule has 1 aliphatic heterocycles. The topological polar surface area (TPSA) is 93.8 Å². The van der Waals surface area contributed by atoms with Crippen LogP contribution in [0.5, 0.6) is 0 Å². The molecule has 36 heavy (non-hydrogen) atoms. The molecule has 0 unspecified atom stereocenters. The second-order valence-corrected chi connectivity index (χ2v) is 12.0. The first kappa shape index (κ1) is 24.3. The Morgan fingerprint density at radius 1 is 0.944 bits per heavy atom. The third-order valence-corrected chi connectivity index (χ3v) is 7.56. The van der Waals surface area contributed by atoms with Crippen molar-refractivity contribution in [1.82, 2.24) is 0 Å². The average Bonchev–Trinajstić information content (AvgIpc) is 3.12. The van der Waals surface area contributed by atoms with E-state index in [9.17, 15) is 19.5 Å². The van der Waals surface area contributed by atoms with Crippen LogP contribution in [0, 0.1) is 24.7 Å². The number of hydrogen-bond acceptors (Lipinski definition) is 5. The van der Waals surface area contributed by atoms with Crippen molar-refractivity contribution in [1.29, 1.82) is 0 Å². The summed E-state index contributed by atoms with van der Waals surface area (Å²) in [7, 11) is 0. The van der Waals surface area contributed by atoms with Crippen molar-refractivity contribution in [3.8, 4) is 0 Å². The van der Waals surface area contributed by atoms with E-state index in [2.05, 4.69) is 27.7 Å². The van der Waals surface area contributed by atoms with Crippen LogP contribution in [0.2, 0.25) is 0 Å². The molecule has 0 bridgehead atoms. The summed E-state index contributed by atoms with van der Waals surface area (Å²) in [5.74, 6) is 0.299. The van der Waals surface area contributed by atoms with Crippen molar-refractivity contribution < 1.29 is 28.6 Å². The smallest absolute Gasteiger partial charge is 0.328 e. The van der Waals surface area contributed by atoms with Crippen molar-refractivity contribution in [3.05, 3.63) is 63.3 Å². The number of fused-ring (bicyclic) bond motifs is 1. The number of aliphatic carboxylic acids is 1. The van der Waals surface area contributed by atoms with Gasteiger partial charge in [-0.25, -0.2) is 4.79 Å². The molecule has 1 aromatic heterocycles. The molecule has 5 rings (SSSR count). The maximum atomic E-state index is 13.7. The molecule has 6 heteroatoms. The lowest BCUT2D eigenvalue weighted by Gasteiger charge is -2.42. The summed E-state index contributed by atoms with van der Waals surface area (Å²) in [6.45, 7) is 12.0. The van der Waals surface area contributed by atoms with Crippen molar-refractivity contribution in [2.45, 2.75) is 73.1 Å². The Bertz CT molecular complexity index is 1390. The Morgan fingerprint density at radius 2 is 1.50 bits per heavy atom. The standard InChI is InChI=1S/C30H32O6/c1-15-9-18-16(2)17(7-8-24(33)34)10-19(28(18)35-15)25-26-20(31)11-29(3,4)13-22(26)36-23-14-30(5,6)12-21(32)27(23)25/h7-10,25H,11-14H2,1-6H3,(H,33,34)/b8-7+. The fraction of sp³-hybridized carbons (Fsp3) is 0.433. The fourth-order valence-electron chi connectivity index (χ4n) is 6.04. The van der Waals surface area contributed by atoms with Crippen LogP contribution in [0.4, 0.5) is 0 Å². The Kier molecular flexibility index (Phi) is 5.43. The Hall–Kier alpha value is -3.41. The molecule has 0 atom stereocenters. The zero-order valence-corrected chi connectivity index (χ0v) is 21.7. The number of ketones is 2. The van der Waals surface area contributed by atoms with Crippen LogP contribution in [0.25, 0.3) is 17.0 Å². The van der Waals surface area contributed by atoms with E-state index in [4.69, 9.17) is 9.15 Å². The Labute approximate surface area is 210 Å². The molecule has 3 aliphatic rings. The Morgan fingerprint density at radius 3 is 2.03 bits per heavy atom. The van der Waals surface area contributed by atoms with Crippen LogP contribution in [0.15, 0.2) is 45.3 Å². The third kappa shape index (κ3) is 4.02. The number of furan rings is 1. The number of carboxylic acid groups (broad SMARTS) is 1. The minimum absolute atomic E-state index is 0.0185. The van der Waals surface area contributed by atoms with Gasteiger partial charge in [0.05, 0.1) is 5.92 Å². The monoisotopic (exact) mass is 488 g/mol. The van der Waals surface area contributed by atoms with Crippen LogP contribution in [0.3, 0.4) is 0 Å². The second kappa shape index (κ2) is 8.05.